The predicted octanol–water partition coefficient (Wildman–Crippen LogP) is 2.59. The zero-order valence-corrected chi connectivity index (χ0v) is 13.3. The van der Waals surface area contributed by atoms with Crippen molar-refractivity contribution in [1.29, 1.82) is 0 Å². The molecule has 0 amide bonds. The molecule has 0 aliphatic rings. The first kappa shape index (κ1) is 15.8. The van der Waals surface area contributed by atoms with Gasteiger partial charge in [0.1, 0.15) is 4.90 Å². The summed E-state index contributed by atoms with van der Waals surface area (Å²) in [7, 11) is -1.93. The molecule has 18 heavy (non-hydrogen) atoms. The van der Waals surface area contributed by atoms with Crippen molar-refractivity contribution in [2.45, 2.75) is 24.3 Å². The Morgan fingerprint density at radius 2 is 2.28 bits per heavy atom. The Bertz CT molecular complexity index is 510. The van der Waals surface area contributed by atoms with Gasteiger partial charge in [0.25, 0.3) is 0 Å². The van der Waals surface area contributed by atoms with Crippen LogP contribution in [-0.2, 0) is 16.6 Å². The number of allylic oxidation sites excluding steroid dienone is 1. The van der Waals surface area contributed by atoms with Crippen molar-refractivity contribution < 1.29 is 13.5 Å². The number of hydrogen-bond acceptors (Lipinski definition) is 4. The molecule has 102 valence electrons. The molecule has 0 saturated heterocycles. The van der Waals surface area contributed by atoms with Crippen molar-refractivity contribution in [2.75, 3.05) is 13.6 Å². The van der Waals surface area contributed by atoms with E-state index in [0.717, 1.165) is 12.8 Å². The number of nitrogens with zero attached hydrogens (tertiary/aromatic N) is 1. The number of halogens is 1. The molecule has 1 aromatic rings. The number of rotatable bonds is 7. The molecule has 1 heterocycles. The van der Waals surface area contributed by atoms with E-state index >= 15 is 0 Å². The fourth-order valence-electron chi connectivity index (χ4n) is 1.40. The lowest BCUT2D eigenvalue weighted by atomic mass is 10.3. The van der Waals surface area contributed by atoms with Gasteiger partial charge < -0.3 is 5.11 Å². The Balaban J connectivity index is 2.90. The van der Waals surface area contributed by atoms with E-state index in [2.05, 4.69) is 22.5 Å². The standard InChI is InChI=1S/C11H16BrNO3S2/c1-3-4-5-6-13(2)18(15,16)10-7-9(8-14)17-11(10)12/h3,7,14H,1,4-6,8H2,2H3. The van der Waals surface area contributed by atoms with Gasteiger partial charge in [-0.3, -0.25) is 0 Å². The first-order valence-corrected chi connectivity index (χ1v) is 8.44. The van der Waals surface area contributed by atoms with Gasteiger partial charge in [-0.25, -0.2) is 12.7 Å². The van der Waals surface area contributed by atoms with Gasteiger partial charge in [0.2, 0.25) is 10.0 Å². The van der Waals surface area contributed by atoms with Crippen molar-refractivity contribution in [3.05, 3.63) is 27.4 Å². The first-order chi connectivity index (χ1) is 8.43. The van der Waals surface area contributed by atoms with Gasteiger partial charge >= 0.3 is 0 Å². The number of sulfonamides is 1. The van der Waals surface area contributed by atoms with Crippen LogP contribution in [0.25, 0.3) is 0 Å². The van der Waals surface area contributed by atoms with Crippen LogP contribution < -0.4 is 0 Å². The Hall–Kier alpha value is -0.210. The number of thiophene rings is 1. The normalized spacial score (nSPS) is 12.0. The molecule has 0 saturated carbocycles. The SMILES string of the molecule is C=CCCCN(C)S(=O)(=O)c1cc(CO)sc1Br. The van der Waals surface area contributed by atoms with Crippen LogP contribution in [0.1, 0.15) is 17.7 Å². The summed E-state index contributed by atoms with van der Waals surface area (Å²) in [5.41, 5.74) is 0. The second kappa shape index (κ2) is 6.81. The third kappa shape index (κ3) is 3.64. The minimum atomic E-state index is -3.49. The Kier molecular flexibility index (Phi) is 6.00. The molecule has 0 unspecified atom stereocenters. The molecule has 0 bridgehead atoms. The summed E-state index contributed by atoms with van der Waals surface area (Å²) in [4.78, 5) is 0.845. The highest BCUT2D eigenvalue weighted by atomic mass is 79.9. The lowest BCUT2D eigenvalue weighted by molar-refractivity contribution is 0.285. The van der Waals surface area contributed by atoms with Crippen molar-refractivity contribution in [1.82, 2.24) is 4.31 Å². The maximum absolute atomic E-state index is 12.3. The molecule has 0 atom stereocenters. The molecule has 0 spiro atoms. The summed E-state index contributed by atoms with van der Waals surface area (Å²) >= 11 is 4.46. The monoisotopic (exact) mass is 353 g/mol. The van der Waals surface area contributed by atoms with Gasteiger partial charge in [0.05, 0.1) is 10.4 Å². The molecular formula is C11H16BrNO3S2. The zero-order chi connectivity index (χ0) is 13.8. The molecule has 1 aromatic heterocycles. The highest BCUT2D eigenvalue weighted by Crippen LogP contribution is 2.33. The summed E-state index contributed by atoms with van der Waals surface area (Å²) in [5, 5.41) is 9.02. The molecule has 7 heteroatoms. The van der Waals surface area contributed by atoms with E-state index in [4.69, 9.17) is 5.11 Å². The van der Waals surface area contributed by atoms with E-state index in [0.29, 0.717) is 15.2 Å². The fraction of sp³-hybridized carbons (Fsp3) is 0.455. The van der Waals surface area contributed by atoms with E-state index in [1.807, 2.05) is 0 Å². The molecule has 0 aromatic carbocycles. The van der Waals surface area contributed by atoms with Crippen LogP contribution in [-0.4, -0.2) is 31.4 Å². The van der Waals surface area contributed by atoms with Crippen LogP contribution >= 0.6 is 27.3 Å². The minimum Gasteiger partial charge on any atom is -0.391 e. The maximum atomic E-state index is 12.3. The molecule has 1 rings (SSSR count). The van der Waals surface area contributed by atoms with Crippen LogP contribution in [0.15, 0.2) is 27.4 Å². The third-order valence-electron chi connectivity index (χ3n) is 2.43. The van der Waals surface area contributed by atoms with Crippen LogP contribution in [0, 0.1) is 0 Å². The number of unbranched alkanes of at least 4 members (excludes halogenated alkanes) is 1. The fourth-order valence-corrected chi connectivity index (χ4v) is 5.10. The smallest absolute Gasteiger partial charge is 0.244 e. The lowest BCUT2D eigenvalue weighted by Crippen LogP contribution is -2.27. The maximum Gasteiger partial charge on any atom is 0.244 e. The third-order valence-corrected chi connectivity index (χ3v) is 6.53. The van der Waals surface area contributed by atoms with Crippen molar-refractivity contribution in [3.63, 3.8) is 0 Å². The van der Waals surface area contributed by atoms with Crippen LogP contribution in [0.4, 0.5) is 0 Å². The molecule has 0 fully saturated rings. The number of aliphatic hydroxyl groups is 1. The lowest BCUT2D eigenvalue weighted by Gasteiger charge is -2.16. The predicted molar refractivity (Wildman–Crippen MR) is 77.2 cm³/mol. The topological polar surface area (TPSA) is 57.6 Å². The molecule has 1 N–H and O–H groups in total. The summed E-state index contributed by atoms with van der Waals surface area (Å²) in [6.07, 6.45) is 3.30. The van der Waals surface area contributed by atoms with E-state index in [9.17, 15) is 8.42 Å². The highest BCUT2D eigenvalue weighted by Gasteiger charge is 2.25. The van der Waals surface area contributed by atoms with Gasteiger partial charge in [0, 0.05) is 18.5 Å². The molecule has 4 nitrogen and oxygen atoms in total. The second-order valence-electron chi connectivity index (χ2n) is 3.77. The van der Waals surface area contributed by atoms with E-state index in [-0.39, 0.29) is 11.5 Å². The summed E-state index contributed by atoms with van der Waals surface area (Å²) in [6, 6.07) is 1.51. The number of hydrogen-bond donors (Lipinski definition) is 1. The van der Waals surface area contributed by atoms with Crippen molar-refractivity contribution in [2.24, 2.45) is 0 Å². The first-order valence-electron chi connectivity index (χ1n) is 5.39. The molecular weight excluding hydrogens is 338 g/mol. The van der Waals surface area contributed by atoms with Gasteiger partial charge in [-0.2, -0.15) is 0 Å². The van der Waals surface area contributed by atoms with Crippen LogP contribution in [0.3, 0.4) is 0 Å². The average molecular weight is 354 g/mol. The van der Waals surface area contributed by atoms with Crippen molar-refractivity contribution in [3.8, 4) is 0 Å². The second-order valence-corrected chi connectivity index (χ2v) is 8.23. The van der Waals surface area contributed by atoms with Crippen molar-refractivity contribution >= 4 is 37.3 Å². The van der Waals surface area contributed by atoms with E-state index in [1.54, 1.807) is 13.1 Å². The van der Waals surface area contributed by atoms with Gasteiger partial charge in [-0.1, -0.05) is 6.08 Å². The van der Waals surface area contributed by atoms with Crippen LogP contribution in [0.5, 0.6) is 0 Å². The minimum absolute atomic E-state index is 0.154. The van der Waals surface area contributed by atoms with Gasteiger partial charge in [0.15, 0.2) is 0 Å². The molecule has 0 aliphatic heterocycles. The Morgan fingerprint density at radius 3 is 2.78 bits per heavy atom. The average Bonchev–Trinajstić information content (AvgIpc) is 2.71. The van der Waals surface area contributed by atoms with E-state index in [1.165, 1.54) is 21.7 Å². The summed E-state index contributed by atoms with van der Waals surface area (Å²) in [5.74, 6) is 0. The quantitative estimate of drug-likeness (QED) is 0.605. The number of aliphatic hydroxyl groups excluding tert-OH is 1. The van der Waals surface area contributed by atoms with Gasteiger partial charge in [-0.05, 0) is 34.8 Å². The highest BCUT2D eigenvalue weighted by molar-refractivity contribution is 9.11. The zero-order valence-electron chi connectivity index (χ0n) is 10.1. The molecule has 0 radical (unpaired) electrons. The molecule has 0 aliphatic carbocycles. The summed E-state index contributed by atoms with van der Waals surface area (Å²) < 4.78 is 26.4. The Morgan fingerprint density at radius 1 is 1.61 bits per heavy atom. The van der Waals surface area contributed by atoms with Crippen LogP contribution in [0.2, 0.25) is 0 Å². The van der Waals surface area contributed by atoms with E-state index < -0.39 is 10.0 Å². The van der Waals surface area contributed by atoms with Gasteiger partial charge in [-0.15, -0.1) is 17.9 Å². The summed E-state index contributed by atoms with van der Waals surface area (Å²) in [6.45, 7) is 3.90. The largest absolute Gasteiger partial charge is 0.391 e. The Labute approximate surface area is 120 Å².